The fraction of sp³-hybridized carbons (Fsp3) is 0.119. The Morgan fingerprint density at radius 1 is 0.816 bits per heavy atom. The van der Waals surface area contributed by atoms with E-state index in [9.17, 15) is 0 Å². The summed E-state index contributed by atoms with van der Waals surface area (Å²) in [5.41, 5.74) is 16.6. The number of anilines is 2. The van der Waals surface area contributed by atoms with Crippen LogP contribution in [0.15, 0.2) is 127 Å². The monoisotopic (exact) mass is 665 g/mol. The number of rotatable bonds is 2. The van der Waals surface area contributed by atoms with Crippen molar-refractivity contribution in [1.29, 1.82) is 0 Å². The number of fused-ring (bicyclic) bond motifs is 6. The summed E-state index contributed by atoms with van der Waals surface area (Å²) in [6.07, 6.45) is 11.9. The zero-order chi connectivity index (χ0) is 32.0. The molecule has 5 aliphatic rings. The number of allylic oxidation sites excluding steroid dienone is 2. The lowest BCUT2D eigenvalue weighted by Gasteiger charge is -2.45. The van der Waals surface area contributed by atoms with Crippen molar-refractivity contribution >= 4 is 92.2 Å². The smallest absolute Gasteiger partial charge is 0.252 e. The molecular weight excluding hydrogens is 637 g/mol. The summed E-state index contributed by atoms with van der Waals surface area (Å²) in [7, 11) is 0. The lowest BCUT2D eigenvalue weighted by atomic mass is 9.34. The van der Waals surface area contributed by atoms with Crippen LogP contribution in [0.3, 0.4) is 0 Å². The van der Waals surface area contributed by atoms with Gasteiger partial charge >= 0.3 is 0 Å². The van der Waals surface area contributed by atoms with E-state index in [1.165, 1.54) is 80.9 Å². The number of hydrogen-bond donors (Lipinski definition) is 0. The molecule has 1 atom stereocenters. The van der Waals surface area contributed by atoms with Crippen molar-refractivity contribution in [3.8, 4) is 5.69 Å². The van der Waals surface area contributed by atoms with Crippen molar-refractivity contribution in [2.45, 2.75) is 45.8 Å². The van der Waals surface area contributed by atoms with E-state index in [2.05, 4.69) is 107 Å². The van der Waals surface area contributed by atoms with Crippen molar-refractivity contribution in [1.82, 2.24) is 9.55 Å². The Morgan fingerprint density at radius 2 is 1.59 bits per heavy atom. The highest BCUT2D eigenvalue weighted by molar-refractivity contribution is 8.01. The van der Waals surface area contributed by atoms with Crippen molar-refractivity contribution in [2.75, 3.05) is 4.90 Å². The number of aromatic nitrogens is 2. The van der Waals surface area contributed by atoms with Crippen LogP contribution in [-0.2, 0) is 12.8 Å². The number of furan rings is 1. The van der Waals surface area contributed by atoms with Crippen molar-refractivity contribution in [2.24, 2.45) is 5.92 Å². The molecule has 4 nitrogen and oxygen atoms in total. The molecule has 1 unspecified atom stereocenters. The number of pyridine rings is 1. The standard InChI is InChI=1S/C42H28BN3OS2/c1-23-19-34-27(42-33(47-34)15-8-18-44-42)22-32(23)46-30-13-6-16-35-39(30)43-40-31(46)14-7-17-36(40)49-38-21-24(20-37(48-35)41(38)43)45-28-11-4-2-9-25(28)26-10-3-5-12-29(26)45/h2-4,6-11,13-18,20-23H,5,12,19H2,1H3. The molecule has 232 valence electrons. The quantitative estimate of drug-likeness (QED) is 0.173. The Kier molecular flexibility index (Phi) is 5.32. The fourth-order valence-electron chi connectivity index (χ4n) is 9.18. The molecule has 2 aliphatic carbocycles. The van der Waals surface area contributed by atoms with E-state index in [1.54, 1.807) is 0 Å². The maximum atomic E-state index is 6.32. The second kappa shape index (κ2) is 9.65. The SMILES string of the molecule is CC1Cc2oc3cccnc3c2C=C1N1c2cccc3c2B2c4c(cc(-n5c6c(c7ccccc75)C=CCC6)cc4Sc4cccc1c42)S3. The third-order valence-electron chi connectivity index (χ3n) is 11.2. The molecule has 0 spiro atoms. The summed E-state index contributed by atoms with van der Waals surface area (Å²) in [6, 6.07) is 31.8. The first-order chi connectivity index (χ1) is 24.2. The van der Waals surface area contributed by atoms with Crippen LogP contribution in [0.1, 0.15) is 35.9 Å². The summed E-state index contributed by atoms with van der Waals surface area (Å²) in [6.45, 7) is 2.55. The molecule has 0 radical (unpaired) electrons. The van der Waals surface area contributed by atoms with E-state index in [0.717, 1.165) is 41.7 Å². The Morgan fingerprint density at radius 3 is 2.39 bits per heavy atom. The van der Waals surface area contributed by atoms with E-state index >= 15 is 0 Å². The predicted molar refractivity (Wildman–Crippen MR) is 203 cm³/mol. The number of nitrogens with zero attached hydrogens (tertiary/aromatic N) is 3. The van der Waals surface area contributed by atoms with E-state index < -0.39 is 0 Å². The summed E-state index contributed by atoms with van der Waals surface area (Å²) in [4.78, 5) is 12.8. The Balaban J connectivity index is 1.08. The van der Waals surface area contributed by atoms with Crippen LogP contribution in [0.25, 0.3) is 39.8 Å². The zero-order valence-corrected chi connectivity index (χ0v) is 28.4. The van der Waals surface area contributed by atoms with Gasteiger partial charge in [-0.05, 0) is 89.9 Å². The van der Waals surface area contributed by atoms with Crippen molar-refractivity contribution < 1.29 is 4.42 Å². The molecule has 7 heteroatoms. The Hall–Kier alpha value is -4.85. The van der Waals surface area contributed by atoms with Crippen LogP contribution in [-0.4, -0.2) is 16.3 Å². The van der Waals surface area contributed by atoms with Gasteiger partial charge in [-0.1, -0.05) is 72.9 Å². The molecule has 0 saturated heterocycles. The fourth-order valence-corrected chi connectivity index (χ4v) is 11.7. The van der Waals surface area contributed by atoms with Gasteiger partial charge in [0.05, 0.1) is 5.52 Å². The van der Waals surface area contributed by atoms with E-state index in [1.807, 2.05) is 41.9 Å². The highest BCUT2D eigenvalue weighted by Crippen LogP contribution is 2.49. The predicted octanol–water partition coefficient (Wildman–Crippen LogP) is 8.86. The van der Waals surface area contributed by atoms with Gasteiger partial charge in [0, 0.05) is 83.1 Å². The third-order valence-corrected chi connectivity index (χ3v) is 13.4. The lowest BCUT2D eigenvalue weighted by molar-refractivity contribution is 0.501. The Bertz CT molecular complexity index is 2620. The molecule has 3 aliphatic heterocycles. The van der Waals surface area contributed by atoms with Gasteiger partial charge in [0.15, 0.2) is 5.58 Å². The van der Waals surface area contributed by atoms with Crippen LogP contribution in [0.5, 0.6) is 0 Å². The average Bonchev–Trinajstić information content (AvgIpc) is 3.66. The van der Waals surface area contributed by atoms with Gasteiger partial charge in [-0.25, -0.2) is 0 Å². The molecular formula is C42H28BN3OS2. The largest absolute Gasteiger partial charge is 0.459 e. The van der Waals surface area contributed by atoms with Crippen molar-refractivity contribution in [3.63, 3.8) is 0 Å². The molecule has 0 amide bonds. The van der Waals surface area contributed by atoms with Gasteiger partial charge in [0.25, 0.3) is 6.71 Å². The number of benzene rings is 4. The molecule has 0 saturated carbocycles. The van der Waals surface area contributed by atoms with Crippen LogP contribution in [0.2, 0.25) is 0 Å². The molecule has 3 aromatic heterocycles. The molecule has 7 aromatic rings. The zero-order valence-electron chi connectivity index (χ0n) is 26.7. The number of hydrogen-bond acceptors (Lipinski definition) is 5. The average molecular weight is 666 g/mol. The summed E-state index contributed by atoms with van der Waals surface area (Å²) < 4.78 is 8.87. The lowest BCUT2D eigenvalue weighted by Crippen LogP contribution is -2.62. The topological polar surface area (TPSA) is 34.2 Å². The van der Waals surface area contributed by atoms with Crippen LogP contribution >= 0.6 is 23.5 Å². The summed E-state index contributed by atoms with van der Waals surface area (Å²) >= 11 is 3.90. The van der Waals surface area contributed by atoms with Gasteiger partial charge in [0.1, 0.15) is 11.3 Å². The van der Waals surface area contributed by atoms with Gasteiger partial charge in [-0.15, -0.1) is 0 Å². The van der Waals surface area contributed by atoms with Crippen LogP contribution < -0.4 is 21.3 Å². The maximum absolute atomic E-state index is 6.32. The first-order valence-corrected chi connectivity index (χ1v) is 18.8. The third kappa shape index (κ3) is 3.52. The molecule has 4 aromatic carbocycles. The molecule has 0 bridgehead atoms. The van der Waals surface area contributed by atoms with Crippen molar-refractivity contribution in [3.05, 3.63) is 125 Å². The minimum absolute atomic E-state index is 0.208. The van der Waals surface area contributed by atoms with Gasteiger partial charge in [0.2, 0.25) is 0 Å². The van der Waals surface area contributed by atoms with Gasteiger partial charge in [-0.2, -0.15) is 0 Å². The highest BCUT2D eigenvalue weighted by atomic mass is 32.2. The first-order valence-electron chi connectivity index (χ1n) is 17.2. The van der Waals surface area contributed by atoms with E-state index in [-0.39, 0.29) is 12.6 Å². The van der Waals surface area contributed by atoms with Gasteiger partial charge < -0.3 is 13.9 Å². The molecule has 0 N–H and O–H groups in total. The van der Waals surface area contributed by atoms with E-state index in [0.29, 0.717) is 0 Å². The molecule has 0 fully saturated rings. The highest BCUT2D eigenvalue weighted by Gasteiger charge is 2.46. The summed E-state index contributed by atoms with van der Waals surface area (Å²) in [5, 5.41) is 1.34. The Labute approximate surface area is 292 Å². The number of para-hydroxylation sites is 1. The molecule has 49 heavy (non-hydrogen) atoms. The second-order valence-electron chi connectivity index (χ2n) is 13.8. The minimum Gasteiger partial charge on any atom is -0.459 e. The minimum atomic E-state index is 0.208. The maximum Gasteiger partial charge on any atom is 0.252 e. The first kappa shape index (κ1) is 27.0. The molecule has 6 heterocycles. The molecule has 12 rings (SSSR count). The van der Waals surface area contributed by atoms with Gasteiger partial charge in [-0.3, -0.25) is 4.98 Å². The van der Waals surface area contributed by atoms with Crippen LogP contribution in [0.4, 0.5) is 11.4 Å². The summed E-state index contributed by atoms with van der Waals surface area (Å²) in [5.74, 6) is 1.32. The van der Waals surface area contributed by atoms with E-state index in [4.69, 9.17) is 9.40 Å². The normalized spacial score (nSPS) is 17.7. The second-order valence-corrected chi connectivity index (χ2v) is 16.0. The van der Waals surface area contributed by atoms with Crippen LogP contribution in [0, 0.1) is 5.92 Å².